The molecule has 2 bridgehead atoms. The van der Waals surface area contributed by atoms with Crippen molar-refractivity contribution in [2.24, 2.45) is 5.92 Å². The first-order chi connectivity index (χ1) is 10.6. The van der Waals surface area contributed by atoms with E-state index in [1.54, 1.807) is 0 Å². The summed E-state index contributed by atoms with van der Waals surface area (Å²) in [4.78, 5) is 8.33. The van der Waals surface area contributed by atoms with Crippen LogP contribution in [0.5, 0.6) is 0 Å². The van der Waals surface area contributed by atoms with Crippen molar-refractivity contribution in [2.75, 3.05) is 32.7 Å². The SMILES string of the molecule is CCC(C)N1C2CCC1CN(CC1CCN(C(C)C)CC1)C2. The monoisotopic (exact) mass is 307 g/mol. The molecule has 3 unspecified atom stereocenters. The maximum atomic E-state index is 2.86. The minimum absolute atomic E-state index is 0.732. The average molecular weight is 308 g/mol. The van der Waals surface area contributed by atoms with Gasteiger partial charge in [0.15, 0.2) is 0 Å². The lowest BCUT2D eigenvalue weighted by atomic mass is 9.94. The lowest BCUT2D eigenvalue weighted by molar-refractivity contribution is 0.0227. The highest BCUT2D eigenvalue weighted by atomic mass is 15.3. The van der Waals surface area contributed by atoms with Gasteiger partial charge in [-0.05, 0) is 71.9 Å². The molecule has 22 heavy (non-hydrogen) atoms. The van der Waals surface area contributed by atoms with Gasteiger partial charge in [-0.1, -0.05) is 6.92 Å². The third-order valence-corrected chi connectivity index (χ3v) is 6.61. The highest BCUT2D eigenvalue weighted by Gasteiger charge is 2.41. The molecule has 0 aromatic carbocycles. The smallest absolute Gasteiger partial charge is 0.0230 e. The maximum Gasteiger partial charge on any atom is 0.0230 e. The minimum atomic E-state index is 0.732. The highest BCUT2D eigenvalue weighted by molar-refractivity contribution is 4.98. The van der Waals surface area contributed by atoms with E-state index in [9.17, 15) is 0 Å². The van der Waals surface area contributed by atoms with Crippen molar-refractivity contribution in [2.45, 2.75) is 84.0 Å². The normalized spacial score (nSPS) is 33.7. The molecular formula is C19H37N3. The zero-order valence-corrected chi connectivity index (χ0v) is 15.3. The summed E-state index contributed by atoms with van der Waals surface area (Å²) in [5.41, 5.74) is 0. The van der Waals surface area contributed by atoms with E-state index in [0.717, 1.165) is 30.1 Å². The van der Waals surface area contributed by atoms with E-state index < -0.39 is 0 Å². The van der Waals surface area contributed by atoms with Crippen LogP contribution in [0.25, 0.3) is 0 Å². The molecule has 0 aliphatic carbocycles. The zero-order chi connectivity index (χ0) is 15.7. The van der Waals surface area contributed by atoms with Crippen molar-refractivity contribution >= 4 is 0 Å². The van der Waals surface area contributed by atoms with Crippen LogP contribution in [0.2, 0.25) is 0 Å². The first-order valence-corrected chi connectivity index (χ1v) is 9.82. The fourth-order valence-electron chi connectivity index (χ4n) is 5.12. The summed E-state index contributed by atoms with van der Waals surface area (Å²) in [6.45, 7) is 16.1. The van der Waals surface area contributed by atoms with E-state index in [1.165, 1.54) is 64.8 Å². The average Bonchev–Trinajstić information content (AvgIpc) is 2.78. The van der Waals surface area contributed by atoms with E-state index in [-0.39, 0.29) is 0 Å². The van der Waals surface area contributed by atoms with Crippen molar-refractivity contribution in [1.82, 2.24) is 14.7 Å². The van der Waals surface area contributed by atoms with Gasteiger partial charge in [0.25, 0.3) is 0 Å². The predicted octanol–water partition coefficient (Wildman–Crippen LogP) is 3.05. The molecule has 0 amide bonds. The van der Waals surface area contributed by atoms with Crippen LogP contribution < -0.4 is 0 Å². The Bertz CT molecular complexity index is 335. The van der Waals surface area contributed by atoms with Gasteiger partial charge in [-0.2, -0.15) is 0 Å². The van der Waals surface area contributed by atoms with Gasteiger partial charge < -0.3 is 4.90 Å². The van der Waals surface area contributed by atoms with Gasteiger partial charge in [0, 0.05) is 43.8 Å². The van der Waals surface area contributed by atoms with E-state index in [0.29, 0.717) is 0 Å². The molecule has 3 fully saturated rings. The Morgan fingerprint density at radius 2 is 1.50 bits per heavy atom. The van der Waals surface area contributed by atoms with Crippen molar-refractivity contribution in [1.29, 1.82) is 0 Å². The molecule has 0 aromatic rings. The molecule has 0 aromatic heterocycles. The van der Waals surface area contributed by atoms with Crippen LogP contribution in [0.3, 0.4) is 0 Å². The quantitative estimate of drug-likeness (QED) is 0.773. The van der Waals surface area contributed by atoms with E-state index in [2.05, 4.69) is 42.4 Å². The number of hydrogen-bond acceptors (Lipinski definition) is 3. The molecule has 0 saturated carbocycles. The molecule has 3 rings (SSSR count). The van der Waals surface area contributed by atoms with Crippen LogP contribution in [-0.2, 0) is 0 Å². The Balaban J connectivity index is 1.48. The molecule has 3 heterocycles. The van der Waals surface area contributed by atoms with Gasteiger partial charge in [0.2, 0.25) is 0 Å². The first-order valence-electron chi connectivity index (χ1n) is 9.82. The molecule has 3 saturated heterocycles. The van der Waals surface area contributed by atoms with Crippen LogP contribution in [0.4, 0.5) is 0 Å². The maximum absolute atomic E-state index is 2.86. The van der Waals surface area contributed by atoms with Crippen molar-refractivity contribution in [3.8, 4) is 0 Å². The number of piperazine rings is 1. The lowest BCUT2D eigenvalue weighted by Gasteiger charge is -2.45. The van der Waals surface area contributed by atoms with Gasteiger partial charge in [0.1, 0.15) is 0 Å². The summed E-state index contributed by atoms with van der Waals surface area (Å²) in [6.07, 6.45) is 7.02. The third-order valence-electron chi connectivity index (χ3n) is 6.61. The van der Waals surface area contributed by atoms with Crippen molar-refractivity contribution < 1.29 is 0 Å². The Hall–Kier alpha value is -0.120. The van der Waals surface area contributed by atoms with Gasteiger partial charge in [-0.25, -0.2) is 0 Å². The third kappa shape index (κ3) is 3.52. The minimum Gasteiger partial charge on any atom is -0.301 e. The topological polar surface area (TPSA) is 9.72 Å². The van der Waals surface area contributed by atoms with Crippen molar-refractivity contribution in [3.63, 3.8) is 0 Å². The number of hydrogen-bond donors (Lipinski definition) is 0. The molecule has 0 N–H and O–H groups in total. The Morgan fingerprint density at radius 1 is 0.909 bits per heavy atom. The predicted molar refractivity (Wildman–Crippen MR) is 94.3 cm³/mol. The van der Waals surface area contributed by atoms with Crippen LogP contribution >= 0.6 is 0 Å². The van der Waals surface area contributed by atoms with Crippen molar-refractivity contribution in [3.05, 3.63) is 0 Å². The second-order valence-electron chi connectivity index (χ2n) is 8.38. The largest absolute Gasteiger partial charge is 0.301 e. The standard InChI is InChI=1S/C19H37N3/c1-5-16(4)22-18-6-7-19(22)14-20(13-18)12-17-8-10-21(11-9-17)15(2)3/h15-19H,5-14H2,1-4H3. The molecule has 3 aliphatic rings. The van der Waals surface area contributed by atoms with E-state index >= 15 is 0 Å². The number of fused-ring (bicyclic) bond motifs is 2. The molecule has 3 atom stereocenters. The van der Waals surface area contributed by atoms with Gasteiger partial charge in [0.05, 0.1) is 0 Å². The number of likely N-dealkylation sites (tertiary alicyclic amines) is 2. The van der Waals surface area contributed by atoms with Gasteiger partial charge in [-0.3, -0.25) is 9.80 Å². The van der Waals surface area contributed by atoms with E-state index in [1.807, 2.05) is 0 Å². The molecular weight excluding hydrogens is 270 g/mol. The Kier molecular flexibility index (Phi) is 5.47. The summed E-state index contributed by atoms with van der Waals surface area (Å²) in [7, 11) is 0. The summed E-state index contributed by atoms with van der Waals surface area (Å²) in [5.74, 6) is 0.949. The molecule has 0 spiro atoms. The number of rotatable bonds is 5. The van der Waals surface area contributed by atoms with Gasteiger partial charge >= 0.3 is 0 Å². The molecule has 3 heteroatoms. The summed E-state index contributed by atoms with van der Waals surface area (Å²) >= 11 is 0. The molecule has 3 nitrogen and oxygen atoms in total. The lowest BCUT2D eigenvalue weighted by Crippen LogP contribution is -2.57. The Labute approximate surface area is 138 Å². The van der Waals surface area contributed by atoms with E-state index in [4.69, 9.17) is 0 Å². The summed E-state index contributed by atoms with van der Waals surface area (Å²) in [5, 5.41) is 0. The zero-order valence-electron chi connectivity index (χ0n) is 15.3. The molecule has 3 aliphatic heterocycles. The van der Waals surface area contributed by atoms with Crippen LogP contribution in [0.1, 0.15) is 59.8 Å². The van der Waals surface area contributed by atoms with Gasteiger partial charge in [-0.15, -0.1) is 0 Å². The number of piperidine rings is 1. The fourth-order valence-corrected chi connectivity index (χ4v) is 5.12. The van der Waals surface area contributed by atoms with Crippen LogP contribution in [-0.4, -0.2) is 71.6 Å². The highest BCUT2D eigenvalue weighted by Crippen LogP contribution is 2.33. The second kappa shape index (κ2) is 7.19. The van der Waals surface area contributed by atoms with Crippen LogP contribution in [0.15, 0.2) is 0 Å². The Morgan fingerprint density at radius 3 is 2.00 bits per heavy atom. The van der Waals surface area contributed by atoms with Crippen LogP contribution in [0, 0.1) is 5.92 Å². The second-order valence-corrected chi connectivity index (χ2v) is 8.38. The number of nitrogens with zero attached hydrogens (tertiary/aromatic N) is 3. The molecule has 128 valence electrons. The fraction of sp³-hybridized carbons (Fsp3) is 1.00. The first kappa shape index (κ1) is 16.7. The summed E-state index contributed by atoms with van der Waals surface area (Å²) in [6, 6.07) is 3.22. The molecule has 0 radical (unpaired) electrons. The summed E-state index contributed by atoms with van der Waals surface area (Å²) < 4.78 is 0.